The molecule has 1 saturated heterocycles. The van der Waals surface area contributed by atoms with E-state index in [2.05, 4.69) is 25.9 Å². The second-order valence-corrected chi connectivity index (χ2v) is 8.50. The topological polar surface area (TPSA) is 64.5 Å². The van der Waals surface area contributed by atoms with Crippen LogP contribution in [0.2, 0.25) is 5.28 Å². The minimum absolute atomic E-state index is 0.128. The minimum atomic E-state index is -4.81. The average molecular weight is 501 g/mol. The van der Waals surface area contributed by atoms with Crippen molar-refractivity contribution in [3.05, 3.63) is 27.2 Å². The molecule has 1 aliphatic heterocycles. The zero-order valence-electron chi connectivity index (χ0n) is 15.4. The lowest BCUT2D eigenvalue weighted by Gasteiger charge is -2.39. The lowest BCUT2D eigenvalue weighted by molar-refractivity contribution is -0.138. The van der Waals surface area contributed by atoms with E-state index in [4.69, 9.17) is 21.1 Å². The predicted molar refractivity (Wildman–Crippen MR) is 99.4 cm³/mol. The molecule has 1 amide bonds. The molecule has 29 heavy (non-hydrogen) atoms. The van der Waals surface area contributed by atoms with Crippen molar-refractivity contribution in [2.75, 3.05) is 13.1 Å². The van der Waals surface area contributed by atoms with Crippen molar-refractivity contribution in [2.24, 2.45) is 0 Å². The molecular weight excluding hydrogens is 486 g/mol. The van der Waals surface area contributed by atoms with Crippen LogP contribution in [0, 0.1) is 5.82 Å². The molecule has 0 radical (unpaired) electrons. The summed E-state index contributed by atoms with van der Waals surface area (Å²) in [4.78, 5) is 20.8. The smallest absolute Gasteiger partial charge is 0.417 e. The molecule has 158 valence electrons. The first kappa shape index (κ1) is 21.8. The predicted octanol–water partition coefficient (Wildman–Crippen LogP) is 5.20. The highest BCUT2D eigenvalue weighted by molar-refractivity contribution is 9.10. The zero-order valence-corrected chi connectivity index (χ0v) is 17.7. The molecule has 0 atom stereocenters. The molecule has 0 N–H and O–H groups in total. The van der Waals surface area contributed by atoms with Gasteiger partial charge in [0.15, 0.2) is 5.82 Å². The molecule has 3 rings (SSSR count). The molecule has 1 aliphatic rings. The third-order valence-corrected chi connectivity index (χ3v) is 4.84. The summed E-state index contributed by atoms with van der Waals surface area (Å²) in [6.07, 6.45) is -5.93. The number of ether oxygens (including phenoxy) is 2. The van der Waals surface area contributed by atoms with Crippen LogP contribution in [0.1, 0.15) is 26.3 Å². The standard InChI is InChI=1S/C17H15BrClF4N3O3/c1-16(2,3)29-15(27)26-5-7(6-26)28-13-8-4-9(17(21,22)23)10(18)11(20)12(8)24-14(19)25-13/h4,7H,5-6H2,1-3H3. The summed E-state index contributed by atoms with van der Waals surface area (Å²) in [6, 6.07) is 0.693. The van der Waals surface area contributed by atoms with Crippen molar-refractivity contribution in [3.63, 3.8) is 0 Å². The maximum Gasteiger partial charge on any atom is 0.417 e. The summed E-state index contributed by atoms with van der Waals surface area (Å²) in [5, 5.41) is -0.667. The van der Waals surface area contributed by atoms with Crippen molar-refractivity contribution in [1.29, 1.82) is 0 Å². The Morgan fingerprint density at radius 1 is 1.28 bits per heavy atom. The molecule has 2 aromatic rings. The lowest BCUT2D eigenvalue weighted by atomic mass is 10.1. The molecule has 1 aromatic heterocycles. The molecule has 1 aromatic carbocycles. The number of alkyl halides is 3. The number of rotatable bonds is 2. The fraction of sp³-hybridized carbons (Fsp3) is 0.471. The second-order valence-electron chi connectivity index (χ2n) is 7.37. The normalized spacial score (nSPS) is 15.4. The fourth-order valence-corrected chi connectivity index (χ4v) is 3.28. The van der Waals surface area contributed by atoms with Crippen LogP contribution in [0.4, 0.5) is 22.4 Å². The van der Waals surface area contributed by atoms with E-state index in [0.717, 1.165) is 0 Å². The Kier molecular flexibility index (Phi) is 5.59. The highest BCUT2D eigenvalue weighted by atomic mass is 79.9. The molecule has 0 unspecified atom stereocenters. The summed E-state index contributed by atoms with van der Waals surface area (Å²) < 4.78 is 64.2. The maximum absolute atomic E-state index is 14.5. The van der Waals surface area contributed by atoms with Crippen LogP contribution in [0.25, 0.3) is 10.9 Å². The molecule has 1 fully saturated rings. The fourth-order valence-electron chi connectivity index (χ4n) is 2.59. The third-order valence-electron chi connectivity index (χ3n) is 3.89. The summed E-state index contributed by atoms with van der Waals surface area (Å²) in [5.41, 5.74) is -2.32. The van der Waals surface area contributed by atoms with E-state index in [1.54, 1.807) is 20.8 Å². The van der Waals surface area contributed by atoms with Crippen LogP contribution < -0.4 is 4.74 Å². The summed E-state index contributed by atoms with van der Waals surface area (Å²) >= 11 is 8.40. The number of benzene rings is 1. The van der Waals surface area contributed by atoms with Crippen LogP contribution >= 0.6 is 27.5 Å². The van der Waals surface area contributed by atoms with Crippen LogP contribution in [0.5, 0.6) is 5.88 Å². The Morgan fingerprint density at radius 3 is 2.45 bits per heavy atom. The van der Waals surface area contributed by atoms with E-state index in [9.17, 15) is 22.4 Å². The van der Waals surface area contributed by atoms with Gasteiger partial charge in [-0.1, -0.05) is 0 Å². The number of amides is 1. The molecule has 0 aliphatic carbocycles. The SMILES string of the molecule is CC(C)(C)OC(=O)N1CC(Oc2nc(Cl)nc3c(F)c(Br)c(C(F)(F)F)cc23)C1. The van der Waals surface area contributed by atoms with Gasteiger partial charge in [0.05, 0.1) is 28.5 Å². The van der Waals surface area contributed by atoms with E-state index < -0.39 is 45.3 Å². The van der Waals surface area contributed by atoms with E-state index in [1.165, 1.54) is 4.90 Å². The van der Waals surface area contributed by atoms with Crippen molar-refractivity contribution in [2.45, 2.75) is 38.7 Å². The van der Waals surface area contributed by atoms with Gasteiger partial charge in [0.1, 0.15) is 17.2 Å². The quantitative estimate of drug-likeness (QED) is 0.419. The molecule has 2 heterocycles. The number of halogens is 6. The average Bonchev–Trinajstić information content (AvgIpc) is 2.51. The number of aromatic nitrogens is 2. The van der Waals surface area contributed by atoms with E-state index in [-0.39, 0.29) is 29.6 Å². The molecular formula is C17H15BrClF4N3O3. The Bertz CT molecular complexity index is 975. The highest BCUT2D eigenvalue weighted by Gasteiger charge is 2.38. The molecule has 12 heteroatoms. The van der Waals surface area contributed by atoms with Gasteiger partial charge in [-0.3, -0.25) is 0 Å². The zero-order chi connectivity index (χ0) is 21.7. The van der Waals surface area contributed by atoms with Crippen molar-refractivity contribution in [1.82, 2.24) is 14.9 Å². The summed E-state index contributed by atoms with van der Waals surface area (Å²) in [5.74, 6) is -1.53. The number of carbonyl (C=O) groups is 1. The van der Waals surface area contributed by atoms with Gasteiger partial charge in [0, 0.05) is 0 Å². The largest absolute Gasteiger partial charge is 0.470 e. The third kappa shape index (κ3) is 4.66. The van der Waals surface area contributed by atoms with Gasteiger partial charge in [-0.05, 0) is 54.4 Å². The van der Waals surface area contributed by atoms with Gasteiger partial charge in [0.25, 0.3) is 0 Å². The van der Waals surface area contributed by atoms with Gasteiger partial charge >= 0.3 is 12.3 Å². The highest BCUT2D eigenvalue weighted by Crippen LogP contribution is 2.41. The van der Waals surface area contributed by atoms with Crippen LogP contribution in [-0.4, -0.2) is 45.8 Å². The molecule has 0 saturated carbocycles. The molecule has 0 bridgehead atoms. The first-order chi connectivity index (χ1) is 13.3. The summed E-state index contributed by atoms with van der Waals surface area (Å²) in [6.45, 7) is 5.42. The van der Waals surface area contributed by atoms with Crippen molar-refractivity contribution >= 4 is 44.5 Å². The van der Waals surface area contributed by atoms with Crippen LogP contribution in [-0.2, 0) is 10.9 Å². The van der Waals surface area contributed by atoms with Gasteiger partial charge in [-0.15, -0.1) is 0 Å². The lowest BCUT2D eigenvalue weighted by Crippen LogP contribution is -2.57. The number of hydrogen-bond acceptors (Lipinski definition) is 5. The Morgan fingerprint density at radius 2 is 1.90 bits per heavy atom. The second kappa shape index (κ2) is 7.42. The van der Waals surface area contributed by atoms with Crippen LogP contribution in [0.3, 0.4) is 0 Å². The Hall–Kier alpha value is -1.88. The number of carbonyl (C=O) groups excluding carboxylic acids is 1. The summed E-state index contributed by atoms with van der Waals surface area (Å²) in [7, 11) is 0. The number of fused-ring (bicyclic) bond motifs is 1. The van der Waals surface area contributed by atoms with Crippen molar-refractivity contribution < 1.29 is 31.8 Å². The van der Waals surface area contributed by atoms with Crippen molar-refractivity contribution in [3.8, 4) is 5.88 Å². The first-order valence-electron chi connectivity index (χ1n) is 8.33. The van der Waals surface area contributed by atoms with Gasteiger partial charge in [-0.2, -0.15) is 18.2 Å². The Labute approximate surface area is 176 Å². The number of nitrogens with zero attached hydrogens (tertiary/aromatic N) is 3. The molecule has 6 nitrogen and oxygen atoms in total. The maximum atomic E-state index is 14.5. The van der Waals surface area contributed by atoms with Gasteiger partial charge in [-0.25, -0.2) is 14.2 Å². The Balaban J connectivity index is 1.87. The molecule has 0 spiro atoms. The van der Waals surface area contributed by atoms with E-state index in [1.807, 2.05) is 0 Å². The minimum Gasteiger partial charge on any atom is -0.470 e. The van der Waals surface area contributed by atoms with Gasteiger partial charge < -0.3 is 14.4 Å². The van der Waals surface area contributed by atoms with Crippen LogP contribution in [0.15, 0.2) is 10.5 Å². The van der Waals surface area contributed by atoms with E-state index >= 15 is 0 Å². The number of hydrogen-bond donors (Lipinski definition) is 0. The van der Waals surface area contributed by atoms with E-state index in [0.29, 0.717) is 6.07 Å². The monoisotopic (exact) mass is 499 g/mol. The first-order valence-corrected chi connectivity index (χ1v) is 9.50. The number of likely N-dealkylation sites (tertiary alicyclic amines) is 1. The van der Waals surface area contributed by atoms with Gasteiger partial charge in [0.2, 0.25) is 11.2 Å².